The van der Waals surface area contributed by atoms with Crippen molar-refractivity contribution < 1.29 is 9.47 Å². The highest BCUT2D eigenvalue weighted by atomic mass is 35.5. The largest absolute Gasteiger partial charge is 0.381 e. The van der Waals surface area contributed by atoms with Crippen molar-refractivity contribution in [2.24, 2.45) is 0 Å². The maximum atomic E-state index is 5.71. The Labute approximate surface area is 173 Å². The van der Waals surface area contributed by atoms with Crippen molar-refractivity contribution in [3.05, 3.63) is 0 Å². The Kier molecular flexibility index (Phi) is 26.0. The van der Waals surface area contributed by atoms with Crippen molar-refractivity contribution in [1.82, 2.24) is 0 Å². The Morgan fingerprint density at radius 3 is 0.808 bits per heavy atom. The second kappa shape index (κ2) is 25.5. The summed E-state index contributed by atoms with van der Waals surface area (Å²) in [6.07, 6.45) is 20.1. The highest BCUT2D eigenvalue weighted by molar-refractivity contribution is 6.18. The van der Waals surface area contributed by atoms with Crippen LogP contribution in [0.25, 0.3) is 0 Å². The normalized spacial score (nSPS) is 11.3. The van der Waals surface area contributed by atoms with E-state index >= 15 is 0 Å². The zero-order valence-corrected chi connectivity index (χ0v) is 18.6. The first-order valence-corrected chi connectivity index (χ1v) is 12.3. The molecule has 0 aromatic heterocycles. The predicted molar refractivity (Wildman–Crippen MR) is 117 cm³/mol. The molecule has 0 aliphatic carbocycles. The van der Waals surface area contributed by atoms with Crippen LogP contribution in [0.5, 0.6) is 0 Å². The SMILES string of the molecule is ClCCCCCCCCOCCCCCCOCCCCCCCCCl. The monoisotopic (exact) mass is 410 g/mol. The summed E-state index contributed by atoms with van der Waals surface area (Å²) in [5.74, 6) is 1.62. The molecule has 0 aromatic carbocycles. The number of ether oxygens (including phenoxy) is 2. The van der Waals surface area contributed by atoms with Gasteiger partial charge in [0.15, 0.2) is 0 Å². The lowest BCUT2D eigenvalue weighted by molar-refractivity contribution is 0.117. The summed E-state index contributed by atoms with van der Waals surface area (Å²) in [4.78, 5) is 0. The Morgan fingerprint density at radius 2 is 0.538 bits per heavy atom. The molecule has 2 nitrogen and oxygen atoms in total. The lowest BCUT2D eigenvalue weighted by Gasteiger charge is -2.06. The van der Waals surface area contributed by atoms with Crippen molar-refractivity contribution in [1.29, 1.82) is 0 Å². The molecule has 0 atom stereocenters. The fraction of sp³-hybridized carbons (Fsp3) is 1.00. The van der Waals surface area contributed by atoms with Crippen molar-refractivity contribution >= 4 is 23.2 Å². The third-order valence-electron chi connectivity index (χ3n) is 4.67. The average Bonchev–Trinajstić information content (AvgIpc) is 2.66. The number of rotatable bonds is 23. The Balaban J connectivity index is 2.95. The molecule has 158 valence electrons. The van der Waals surface area contributed by atoms with Gasteiger partial charge in [-0.05, 0) is 38.5 Å². The van der Waals surface area contributed by atoms with E-state index in [0.29, 0.717) is 0 Å². The minimum Gasteiger partial charge on any atom is -0.381 e. The molecule has 0 bridgehead atoms. The summed E-state index contributed by atoms with van der Waals surface area (Å²) in [7, 11) is 0. The van der Waals surface area contributed by atoms with Gasteiger partial charge in [-0.15, -0.1) is 23.2 Å². The van der Waals surface area contributed by atoms with Crippen molar-refractivity contribution in [2.45, 2.75) is 103 Å². The molecule has 0 aliphatic heterocycles. The summed E-state index contributed by atoms with van der Waals surface area (Å²) in [6.45, 7) is 3.72. The van der Waals surface area contributed by atoms with E-state index in [-0.39, 0.29) is 0 Å². The Bertz CT molecular complexity index is 216. The van der Waals surface area contributed by atoms with Gasteiger partial charge in [0.25, 0.3) is 0 Å². The number of halogens is 2. The molecule has 0 unspecified atom stereocenters. The van der Waals surface area contributed by atoms with E-state index in [1.54, 1.807) is 0 Å². The predicted octanol–water partition coefficient (Wildman–Crippen LogP) is 7.74. The van der Waals surface area contributed by atoms with E-state index in [1.807, 2.05) is 0 Å². The van der Waals surface area contributed by atoms with E-state index in [1.165, 1.54) is 103 Å². The third kappa shape index (κ3) is 24.5. The average molecular weight is 411 g/mol. The first kappa shape index (κ1) is 26.5. The first-order valence-electron chi connectivity index (χ1n) is 11.2. The molecule has 4 heteroatoms. The fourth-order valence-corrected chi connectivity index (χ4v) is 3.36. The molecule has 0 saturated heterocycles. The maximum absolute atomic E-state index is 5.71. The van der Waals surface area contributed by atoms with Crippen LogP contribution >= 0.6 is 23.2 Å². The van der Waals surface area contributed by atoms with Gasteiger partial charge in [-0.1, -0.05) is 64.2 Å². The van der Waals surface area contributed by atoms with Gasteiger partial charge >= 0.3 is 0 Å². The highest BCUT2D eigenvalue weighted by Gasteiger charge is 1.95. The molecule has 0 amide bonds. The minimum atomic E-state index is 0.811. The van der Waals surface area contributed by atoms with E-state index in [0.717, 1.165) is 38.2 Å². The minimum absolute atomic E-state index is 0.811. The van der Waals surface area contributed by atoms with E-state index in [4.69, 9.17) is 32.7 Å². The molecule has 0 heterocycles. The first-order chi connectivity index (χ1) is 12.9. The zero-order valence-electron chi connectivity index (χ0n) is 17.1. The number of hydrogen-bond acceptors (Lipinski definition) is 2. The van der Waals surface area contributed by atoms with Crippen molar-refractivity contribution in [3.63, 3.8) is 0 Å². The van der Waals surface area contributed by atoms with Gasteiger partial charge in [0.05, 0.1) is 0 Å². The molecule has 0 radical (unpaired) electrons. The summed E-state index contributed by atoms with van der Waals surface area (Å²) < 4.78 is 11.4. The summed E-state index contributed by atoms with van der Waals surface area (Å²) >= 11 is 11.3. The zero-order chi connectivity index (χ0) is 19.0. The number of alkyl halides is 2. The van der Waals surface area contributed by atoms with Gasteiger partial charge in [-0.2, -0.15) is 0 Å². The van der Waals surface area contributed by atoms with Crippen molar-refractivity contribution in [2.75, 3.05) is 38.2 Å². The molecule has 0 N–H and O–H groups in total. The number of hydrogen-bond donors (Lipinski definition) is 0. The van der Waals surface area contributed by atoms with Crippen molar-refractivity contribution in [3.8, 4) is 0 Å². The van der Waals surface area contributed by atoms with Gasteiger partial charge in [0.2, 0.25) is 0 Å². The van der Waals surface area contributed by atoms with E-state index < -0.39 is 0 Å². The topological polar surface area (TPSA) is 18.5 Å². The van der Waals surface area contributed by atoms with Crippen LogP contribution in [0.2, 0.25) is 0 Å². The Hall–Kier alpha value is 0.500. The lowest BCUT2D eigenvalue weighted by Crippen LogP contribution is -1.99. The molecule has 0 aromatic rings. The van der Waals surface area contributed by atoms with Gasteiger partial charge in [0, 0.05) is 38.2 Å². The molecular weight excluding hydrogens is 367 g/mol. The van der Waals surface area contributed by atoms with Crippen LogP contribution in [0.1, 0.15) is 103 Å². The molecule has 0 spiro atoms. The van der Waals surface area contributed by atoms with Gasteiger partial charge in [-0.3, -0.25) is 0 Å². The standard InChI is InChI=1S/C22H44Cl2O2/c23-17-11-5-1-3-7-13-19-25-21-15-9-10-16-22-26-20-14-8-4-2-6-12-18-24/h1-22H2. The fourth-order valence-electron chi connectivity index (χ4n) is 2.98. The molecule has 0 saturated carbocycles. The van der Waals surface area contributed by atoms with E-state index in [9.17, 15) is 0 Å². The lowest BCUT2D eigenvalue weighted by atomic mass is 10.1. The second-order valence-electron chi connectivity index (χ2n) is 7.26. The van der Waals surface area contributed by atoms with Crippen LogP contribution in [0.3, 0.4) is 0 Å². The third-order valence-corrected chi connectivity index (χ3v) is 5.21. The van der Waals surface area contributed by atoms with Crippen LogP contribution in [-0.4, -0.2) is 38.2 Å². The molecule has 0 aliphatic rings. The molecular formula is C22H44Cl2O2. The van der Waals surface area contributed by atoms with Crippen LogP contribution < -0.4 is 0 Å². The van der Waals surface area contributed by atoms with Crippen LogP contribution in [0, 0.1) is 0 Å². The van der Waals surface area contributed by atoms with Gasteiger partial charge in [-0.25, -0.2) is 0 Å². The van der Waals surface area contributed by atoms with Crippen LogP contribution in [0.4, 0.5) is 0 Å². The molecule has 0 fully saturated rings. The smallest absolute Gasteiger partial charge is 0.0466 e. The van der Waals surface area contributed by atoms with Gasteiger partial charge < -0.3 is 9.47 Å². The summed E-state index contributed by atoms with van der Waals surface area (Å²) in [5.41, 5.74) is 0. The van der Waals surface area contributed by atoms with Crippen LogP contribution in [0.15, 0.2) is 0 Å². The quantitative estimate of drug-likeness (QED) is 0.126. The maximum Gasteiger partial charge on any atom is 0.0466 e. The van der Waals surface area contributed by atoms with E-state index in [2.05, 4.69) is 0 Å². The number of unbranched alkanes of at least 4 members (excludes halogenated alkanes) is 13. The highest BCUT2D eigenvalue weighted by Crippen LogP contribution is 2.08. The second-order valence-corrected chi connectivity index (χ2v) is 8.02. The van der Waals surface area contributed by atoms with Gasteiger partial charge in [0.1, 0.15) is 0 Å². The summed E-state index contributed by atoms with van der Waals surface area (Å²) in [5, 5.41) is 0. The summed E-state index contributed by atoms with van der Waals surface area (Å²) in [6, 6.07) is 0. The molecule has 26 heavy (non-hydrogen) atoms. The molecule has 0 rings (SSSR count). The Morgan fingerprint density at radius 1 is 0.308 bits per heavy atom. The van der Waals surface area contributed by atoms with Crippen LogP contribution in [-0.2, 0) is 9.47 Å².